The van der Waals surface area contributed by atoms with Gasteiger partial charge in [-0.2, -0.15) is 39.5 Å². The molecule has 0 bridgehead atoms. The molecule has 260 valence electrons. The molecule has 3 N–H and O–H groups in total. The number of rotatable bonds is 8. The SMILES string of the molecule is O=C(O)Cc1cc([N+](=O)[O-])cc(C(F)(F)F)c1.O=C(O)Cc1cccc(C(F)(F)F)c1.O=C(O)Cc1cccc(C(F)(F)F)c1[N+](=O)[O-]. The molecule has 0 heterocycles. The summed E-state index contributed by atoms with van der Waals surface area (Å²) in [4.78, 5) is 49.8. The highest BCUT2D eigenvalue weighted by Crippen LogP contribution is 2.38. The number of nitro groups is 2. The van der Waals surface area contributed by atoms with E-state index >= 15 is 0 Å². The Morgan fingerprint density at radius 2 is 1.06 bits per heavy atom. The quantitative estimate of drug-likeness (QED) is 0.127. The summed E-state index contributed by atoms with van der Waals surface area (Å²) in [5.41, 5.74) is -6.08. The molecule has 3 rings (SSSR count). The van der Waals surface area contributed by atoms with Gasteiger partial charge in [-0.05, 0) is 29.3 Å². The van der Waals surface area contributed by atoms with Crippen molar-refractivity contribution in [3.8, 4) is 0 Å². The molecule has 0 aromatic heterocycles. The van der Waals surface area contributed by atoms with E-state index in [2.05, 4.69) is 0 Å². The zero-order valence-corrected chi connectivity index (χ0v) is 23.4. The number of carboxylic acids is 3. The van der Waals surface area contributed by atoms with Crippen LogP contribution in [0.5, 0.6) is 0 Å². The van der Waals surface area contributed by atoms with Crippen LogP contribution in [0.2, 0.25) is 0 Å². The molecule has 0 aliphatic heterocycles. The maximum absolute atomic E-state index is 12.5. The van der Waals surface area contributed by atoms with E-state index in [0.717, 1.165) is 30.3 Å². The van der Waals surface area contributed by atoms with E-state index in [1.54, 1.807) is 0 Å². The van der Waals surface area contributed by atoms with Crippen molar-refractivity contribution in [2.75, 3.05) is 0 Å². The monoisotopic (exact) mass is 702 g/mol. The predicted octanol–water partition coefficient (Wildman–Crippen LogP) is 6.81. The van der Waals surface area contributed by atoms with Crippen molar-refractivity contribution in [3.05, 3.63) is 114 Å². The van der Waals surface area contributed by atoms with E-state index in [1.807, 2.05) is 0 Å². The smallest absolute Gasteiger partial charge is 0.423 e. The number of nitrogens with zero attached hydrogens (tertiary/aromatic N) is 2. The molecule has 48 heavy (non-hydrogen) atoms. The van der Waals surface area contributed by atoms with Crippen molar-refractivity contribution in [1.82, 2.24) is 0 Å². The third kappa shape index (κ3) is 13.3. The van der Waals surface area contributed by atoms with Gasteiger partial charge in [0.05, 0.1) is 40.2 Å². The fourth-order valence-corrected chi connectivity index (χ4v) is 3.59. The van der Waals surface area contributed by atoms with Gasteiger partial charge in [-0.3, -0.25) is 34.6 Å². The Morgan fingerprint density at radius 3 is 1.50 bits per heavy atom. The van der Waals surface area contributed by atoms with Crippen LogP contribution in [-0.4, -0.2) is 43.1 Å². The molecule has 0 fully saturated rings. The van der Waals surface area contributed by atoms with Crippen LogP contribution in [0.3, 0.4) is 0 Å². The fourth-order valence-electron chi connectivity index (χ4n) is 3.59. The molecule has 0 radical (unpaired) electrons. The molecular weight excluding hydrogens is 683 g/mol. The largest absolute Gasteiger partial charge is 0.481 e. The van der Waals surface area contributed by atoms with E-state index < -0.39 is 99.2 Å². The number of halogens is 9. The number of alkyl halides is 9. The van der Waals surface area contributed by atoms with Gasteiger partial charge in [-0.1, -0.05) is 30.3 Å². The highest BCUT2D eigenvalue weighted by Gasteiger charge is 2.40. The third-order valence-corrected chi connectivity index (χ3v) is 5.43. The molecule has 0 saturated heterocycles. The average molecular weight is 702 g/mol. The van der Waals surface area contributed by atoms with Gasteiger partial charge in [0.15, 0.2) is 0 Å². The standard InChI is InChI=1S/2C9H6F3NO4.C9H7F3O2/c10-9(11,12)6-1-5(3-8(14)15)2-7(4-6)13(16)17;10-9(11,12)6-3-1-2-5(4-7(14)15)8(6)13(16)17;10-9(11,12)7-3-1-2-6(4-7)5-8(13)14/h1-2,4H,3H2,(H,14,15);1-3H,4H2,(H,14,15);1-4H,5H2,(H,13,14). The third-order valence-electron chi connectivity index (χ3n) is 5.43. The number of aliphatic carboxylic acids is 3. The highest BCUT2D eigenvalue weighted by molar-refractivity contribution is 5.73. The van der Waals surface area contributed by atoms with E-state index in [1.165, 1.54) is 12.1 Å². The van der Waals surface area contributed by atoms with Gasteiger partial charge in [-0.25, -0.2) is 0 Å². The number of hydrogen-bond donors (Lipinski definition) is 3. The minimum Gasteiger partial charge on any atom is -0.481 e. The van der Waals surface area contributed by atoms with Gasteiger partial charge in [0, 0.05) is 17.7 Å². The van der Waals surface area contributed by atoms with Gasteiger partial charge in [0.25, 0.3) is 11.4 Å². The van der Waals surface area contributed by atoms with Gasteiger partial charge < -0.3 is 15.3 Å². The Kier molecular flexibility index (Phi) is 13.6. The highest BCUT2D eigenvalue weighted by atomic mass is 19.4. The average Bonchev–Trinajstić information content (AvgIpc) is 2.91. The predicted molar refractivity (Wildman–Crippen MR) is 142 cm³/mol. The van der Waals surface area contributed by atoms with Crippen molar-refractivity contribution >= 4 is 29.3 Å². The van der Waals surface area contributed by atoms with Gasteiger partial charge >= 0.3 is 36.4 Å². The maximum atomic E-state index is 12.5. The summed E-state index contributed by atoms with van der Waals surface area (Å²) in [6.07, 6.45) is -16.0. The first kappa shape index (κ1) is 40.3. The Morgan fingerprint density at radius 1 is 0.583 bits per heavy atom. The molecule has 0 unspecified atom stereocenters. The summed E-state index contributed by atoms with van der Waals surface area (Å²) in [5.74, 6) is -3.95. The first-order valence-electron chi connectivity index (χ1n) is 12.3. The van der Waals surface area contributed by atoms with Crippen molar-refractivity contribution < 1.29 is 79.1 Å². The van der Waals surface area contributed by atoms with Gasteiger partial charge in [0.1, 0.15) is 5.56 Å². The van der Waals surface area contributed by atoms with Crippen molar-refractivity contribution in [2.24, 2.45) is 0 Å². The van der Waals surface area contributed by atoms with Crippen LogP contribution in [0.4, 0.5) is 50.9 Å². The summed E-state index contributed by atoms with van der Waals surface area (Å²) in [5, 5.41) is 46.3. The fraction of sp³-hybridized carbons (Fsp3) is 0.222. The molecule has 0 saturated carbocycles. The van der Waals surface area contributed by atoms with Crippen LogP contribution in [0.15, 0.2) is 60.7 Å². The Bertz CT molecular complexity index is 1670. The summed E-state index contributed by atoms with van der Waals surface area (Å²) >= 11 is 0. The molecule has 0 aliphatic carbocycles. The number of benzene rings is 3. The lowest BCUT2D eigenvalue weighted by molar-refractivity contribution is -0.388. The summed E-state index contributed by atoms with van der Waals surface area (Å²) in [7, 11) is 0. The Labute approximate surface area is 261 Å². The normalized spacial score (nSPS) is 11.3. The van der Waals surface area contributed by atoms with Crippen molar-refractivity contribution in [1.29, 1.82) is 0 Å². The molecule has 21 heteroatoms. The summed E-state index contributed by atoms with van der Waals surface area (Å²) in [6, 6.07) is 8.53. The van der Waals surface area contributed by atoms with Crippen LogP contribution < -0.4 is 0 Å². The topological polar surface area (TPSA) is 198 Å². The second kappa shape index (κ2) is 16.2. The lowest BCUT2D eigenvalue weighted by Crippen LogP contribution is -2.12. The van der Waals surface area contributed by atoms with E-state index in [0.29, 0.717) is 18.2 Å². The number of para-hydroxylation sites is 1. The zero-order chi connectivity index (χ0) is 37.2. The first-order chi connectivity index (χ1) is 21.8. The van der Waals surface area contributed by atoms with E-state index in [9.17, 15) is 74.1 Å². The second-order valence-corrected chi connectivity index (χ2v) is 9.12. The summed E-state index contributed by atoms with van der Waals surface area (Å²) < 4.78 is 111. The minimum atomic E-state index is -4.89. The van der Waals surface area contributed by atoms with Crippen LogP contribution in [0, 0.1) is 20.2 Å². The Hall–Kier alpha value is -5.76. The zero-order valence-electron chi connectivity index (χ0n) is 23.4. The lowest BCUT2D eigenvalue weighted by atomic mass is 10.0. The van der Waals surface area contributed by atoms with Crippen LogP contribution in [-0.2, 0) is 52.2 Å². The van der Waals surface area contributed by atoms with Crippen LogP contribution in [0.1, 0.15) is 33.4 Å². The maximum Gasteiger partial charge on any atom is 0.423 e. The van der Waals surface area contributed by atoms with Crippen LogP contribution >= 0.6 is 0 Å². The molecular formula is C27H19F9N2O10. The molecule has 3 aromatic carbocycles. The first-order valence-corrected chi connectivity index (χ1v) is 12.3. The number of carboxylic acid groups (broad SMARTS) is 3. The molecule has 0 aliphatic rings. The second-order valence-electron chi connectivity index (χ2n) is 9.12. The van der Waals surface area contributed by atoms with Gasteiger partial charge in [0.2, 0.25) is 0 Å². The molecule has 0 amide bonds. The lowest BCUT2D eigenvalue weighted by Gasteiger charge is -2.09. The van der Waals surface area contributed by atoms with Gasteiger partial charge in [-0.15, -0.1) is 0 Å². The molecule has 3 aromatic rings. The van der Waals surface area contributed by atoms with Crippen molar-refractivity contribution in [3.63, 3.8) is 0 Å². The van der Waals surface area contributed by atoms with E-state index in [4.69, 9.17) is 15.3 Å². The number of hydrogen-bond acceptors (Lipinski definition) is 7. The number of carbonyl (C=O) groups is 3. The minimum absolute atomic E-state index is 0.146. The van der Waals surface area contributed by atoms with Crippen molar-refractivity contribution in [2.45, 2.75) is 37.8 Å². The summed E-state index contributed by atoms with van der Waals surface area (Å²) in [6.45, 7) is 0. The number of nitro benzene ring substituents is 2. The molecule has 12 nitrogen and oxygen atoms in total. The molecule has 0 atom stereocenters. The number of non-ortho nitro benzene ring substituents is 1. The molecule has 0 spiro atoms. The van der Waals surface area contributed by atoms with Crippen LogP contribution in [0.25, 0.3) is 0 Å². The Balaban J connectivity index is 0.000000362. The van der Waals surface area contributed by atoms with E-state index in [-0.39, 0.29) is 11.1 Å².